The zero-order chi connectivity index (χ0) is 20.8. The van der Waals surface area contributed by atoms with Gasteiger partial charge in [0, 0.05) is 42.8 Å². The molecule has 1 aliphatic heterocycles. The average Bonchev–Trinajstić information content (AvgIpc) is 2.69. The van der Waals surface area contributed by atoms with E-state index < -0.39 is 0 Å². The predicted molar refractivity (Wildman–Crippen MR) is 122 cm³/mol. The molecule has 0 aliphatic carbocycles. The predicted octanol–water partition coefficient (Wildman–Crippen LogP) is 3.49. The number of hydrogen-bond acceptors (Lipinski definition) is 5. The van der Waals surface area contributed by atoms with Crippen LogP contribution >= 0.6 is 31.9 Å². The lowest BCUT2D eigenvalue weighted by Crippen LogP contribution is -2.48. The van der Waals surface area contributed by atoms with E-state index in [1.54, 1.807) is 12.1 Å². The largest absolute Gasteiger partial charge is 0.506 e. The van der Waals surface area contributed by atoms with Crippen molar-refractivity contribution in [3.05, 3.63) is 62.0 Å². The SMILES string of the molecule is Cc1ccc(CN2CCN(CC(=O)N/N=C/c3cc(Br)cc(Br)c3O)CC2)cc1. The third-order valence-corrected chi connectivity index (χ3v) is 5.87. The molecule has 0 aromatic heterocycles. The lowest BCUT2D eigenvalue weighted by atomic mass is 10.1. The van der Waals surface area contributed by atoms with Gasteiger partial charge in [0.05, 0.1) is 17.2 Å². The van der Waals surface area contributed by atoms with Crippen LogP contribution in [-0.4, -0.2) is 59.8 Å². The molecular weight excluding hydrogens is 500 g/mol. The van der Waals surface area contributed by atoms with E-state index in [1.807, 2.05) is 0 Å². The lowest BCUT2D eigenvalue weighted by Gasteiger charge is -2.34. The van der Waals surface area contributed by atoms with Crippen LogP contribution in [-0.2, 0) is 11.3 Å². The van der Waals surface area contributed by atoms with Crippen LogP contribution in [0.1, 0.15) is 16.7 Å². The summed E-state index contributed by atoms with van der Waals surface area (Å²) in [5.74, 6) is -0.0855. The number of nitrogens with zero attached hydrogens (tertiary/aromatic N) is 3. The van der Waals surface area contributed by atoms with Crippen LogP contribution in [0.3, 0.4) is 0 Å². The average molecular weight is 524 g/mol. The summed E-state index contributed by atoms with van der Waals surface area (Å²) in [4.78, 5) is 16.7. The standard InChI is InChI=1S/C21H24Br2N4O2/c1-15-2-4-16(5-3-15)13-26-6-8-27(9-7-26)14-20(28)25-24-12-17-10-18(22)11-19(23)21(17)29/h2-5,10-12,29H,6-9,13-14H2,1H3,(H,25,28)/b24-12+. The normalized spacial score (nSPS) is 15.7. The highest BCUT2D eigenvalue weighted by atomic mass is 79.9. The molecule has 0 spiro atoms. The maximum Gasteiger partial charge on any atom is 0.254 e. The Morgan fingerprint density at radius 3 is 2.48 bits per heavy atom. The van der Waals surface area contributed by atoms with Crippen molar-refractivity contribution in [1.82, 2.24) is 15.2 Å². The number of halogens is 2. The molecule has 2 N–H and O–H groups in total. The first-order valence-corrected chi connectivity index (χ1v) is 11.0. The van der Waals surface area contributed by atoms with Crippen molar-refractivity contribution in [1.29, 1.82) is 0 Å². The van der Waals surface area contributed by atoms with Crippen LogP contribution < -0.4 is 5.43 Å². The molecule has 1 amide bonds. The number of nitrogens with one attached hydrogen (secondary N) is 1. The van der Waals surface area contributed by atoms with Crippen molar-refractivity contribution in [3.63, 3.8) is 0 Å². The summed E-state index contributed by atoms with van der Waals surface area (Å²) in [6.45, 7) is 6.91. The van der Waals surface area contributed by atoms with Gasteiger partial charge in [-0.3, -0.25) is 14.6 Å². The highest BCUT2D eigenvalue weighted by molar-refractivity contribution is 9.11. The van der Waals surface area contributed by atoms with Crippen molar-refractivity contribution in [2.24, 2.45) is 5.10 Å². The Labute approximate surface area is 187 Å². The third kappa shape index (κ3) is 6.64. The van der Waals surface area contributed by atoms with Crippen LogP contribution in [0.15, 0.2) is 50.4 Å². The summed E-state index contributed by atoms with van der Waals surface area (Å²) in [5, 5.41) is 14.0. The number of aryl methyl sites for hydroxylation is 1. The quantitative estimate of drug-likeness (QED) is 0.449. The molecule has 2 aromatic rings. The number of rotatable bonds is 6. The Balaban J connectivity index is 1.42. The summed E-state index contributed by atoms with van der Waals surface area (Å²) >= 11 is 6.63. The zero-order valence-corrected chi connectivity index (χ0v) is 19.4. The first-order valence-electron chi connectivity index (χ1n) is 9.41. The molecule has 6 nitrogen and oxygen atoms in total. The molecule has 29 heavy (non-hydrogen) atoms. The maximum atomic E-state index is 12.2. The van der Waals surface area contributed by atoms with Crippen LogP contribution in [0, 0.1) is 6.92 Å². The fraction of sp³-hybridized carbons (Fsp3) is 0.333. The van der Waals surface area contributed by atoms with E-state index >= 15 is 0 Å². The highest BCUT2D eigenvalue weighted by Crippen LogP contribution is 2.30. The molecule has 1 fully saturated rings. The van der Waals surface area contributed by atoms with Gasteiger partial charge in [0.1, 0.15) is 5.75 Å². The van der Waals surface area contributed by atoms with E-state index in [0.717, 1.165) is 37.2 Å². The zero-order valence-electron chi connectivity index (χ0n) is 16.2. The number of hydrogen-bond donors (Lipinski definition) is 2. The van der Waals surface area contributed by atoms with Gasteiger partial charge in [-0.25, -0.2) is 5.43 Å². The van der Waals surface area contributed by atoms with E-state index in [9.17, 15) is 9.90 Å². The number of phenols is 1. The summed E-state index contributed by atoms with van der Waals surface area (Å²) < 4.78 is 1.36. The summed E-state index contributed by atoms with van der Waals surface area (Å²) in [6, 6.07) is 12.1. The number of benzene rings is 2. The van der Waals surface area contributed by atoms with Crippen LogP contribution in [0.2, 0.25) is 0 Å². The van der Waals surface area contributed by atoms with Crippen molar-refractivity contribution < 1.29 is 9.90 Å². The molecule has 0 unspecified atom stereocenters. The molecule has 8 heteroatoms. The third-order valence-electron chi connectivity index (χ3n) is 4.81. The van der Waals surface area contributed by atoms with Crippen molar-refractivity contribution in [2.45, 2.75) is 13.5 Å². The monoisotopic (exact) mass is 522 g/mol. The molecule has 0 radical (unpaired) electrons. The van der Waals surface area contributed by atoms with Crippen molar-refractivity contribution in [3.8, 4) is 5.75 Å². The number of aromatic hydroxyl groups is 1. The summed E-state index contributed by atoms with van der Waals surface area (Å²) in [7, 11) is 0. The first-order chi connectivity index (χ1) is 13.9. The molecule has 2 aromatic carbocycles. The van der Waals surface area contributed by atoms with Gasteiger partial charge in [-0.1, -0.05) is 45.8 Å². The second-order valence-corrected chi connectivity index (χ2v) is 8.93. The molecule has 1 heterocycles. The number of hydrazone groups is 1. The van der Waals surface area contributed by atoms with Gasteiger partial charge < -0.3 is 5.11 Å². The van der Waals surface area contributed by atoms with Crippen LogP contribution in [0.4, 0.5) is 0 Å². The molecule has 0 atom stereocenters. The summed E-state index contributed by atoms with van der Waals surface area (Å²) in [5.41, 5.74) is 5.64. The number of phenolic OH excluding ortho intramolecular Hbond substituents is 1. The smallest absolute Gasteiger partial charge is 0.254 e. The van der Waals surface area contributed by atoms with E-state index in [1.165, 1.54) is 17.3 Å². The Bertz CT molecular complexity index is 879. The topological polar surface area (TPSA) is 68.2 Å². The van der Waals surface area contributed by atoms with Gasteiger partial charge >= 0.3 is 0 Å². The fourth-order valence-corrected chi connectivity index (χ4v) is 4.41. The van der Waals surface area contributed by atoms with Gasteiger partial charge in [0.15, 0.2) is 0 Å². The van der Waals surface area contributed by atoms with E-state index in [-0.39, 0.29) is 11.7 Å². The minimum Gasteiger partial charge on any atom is -0.506 e. The van der Waals surface area contributed by atoms with Gasteiger partial charge in [0.25, 0.3) is 5.91 Å². The van der Waals surface area contributed by atoms with E-state index in [2.05, 4.69) is 83.4 Å². The minimum atomic E-state index is -0.165. The number of amides is 1. The Morgan fingerprint density at radius 1 is 1.14 bits per heavy atom. The Kier molecular flexibility index (Phi) is 7.83. The highest BCUT2D eigenvalue weighted by Gasteiger charge is 2.18. The molecule has 1 aliphatic rings. The molecule has 1 saturated heterocycles. The molecule has 3 rings (SSSR count). The second kappa shape index (κ2) is 10.3. The van der Waals surface area contributed by atoms with E-state index in [0.29, 0.717) is 16.6 Å². The Morgan fingerprint density at radius 2 is 1.79 bits per heavy atom. The van der Waals surface area contributed by atoms with Gasteiger partial charge in [-0.2, -0.15) is 5.10 Å². The molecular formula is C21H24Br2N4O2. The fourth-order valence-electron chi connectivity index (χ4n) is 3.15. The Hall–Kier alpha value is -1.74. The molecule has 0 bridgehead atoms. The summed E-state index contributed by atoms with van der Waals surface area (Å²) in [6.07, 6.45) is 1.43. The second-order valence-electron chi connectivity index (χ2n) is 7.16. The first kappa shape index (κ1) is 22.0. The van der Waals surface area contributed by atoms with Crippen LogP contribution in [0.5, 0.6) is 5.75 Å². The molecule has 154 valence electrons. The van der Waals surface area contributed by atoms with Crippen molar-refractivity contribution in [2.75, 3.05) is 32.7 Å². The van der Waals surface area contributed by atoms with Crippen molar-refractivity contribution >= 4 is 44.0 Å². The van der Waals surface area contributed by atoms with E-state index in [4.69, 9.17) is 0 Å². The number of carbonyl (C=O) groups is 1. The van der Waals surface area contributed by atoms with Gasteiger partial charge in [-0.05, 0) is 40.5 Å². The minimum absolute atomic E-state index is 0.0795. The lowest BCUT2D eigenvalue weighted by molar-refractivity contribution is -0.122. The van der Waals surface area contributed by atoms with Gasteiger partial charge in [-0.15, -0.1) is 0 Å². The number of piperazine rings is 1. The van der Waals surface area contributed by atoms with Gasteiger partial charge in [0.2, 0.25) is 0 Å². The van der Waals surface area contributed by atoms with Crippen LogP contribution in [0.25, 0.3) is 0 Å². The number of carbonyl (C=O) groups excluding carboxylic acids is 1. The maximum absolute atomic E-state index is 12.2. The molecule has 0 saturated carbocycles.